The van der Waals surface area contributed by atoms with E-state index in [0.29, 0.717) is 16.3 Å². The lowest BCUT2D eigenvalue weighted by atomic mass is 10.1. The normalized spacial score (nSPS) is 10.6. The molecule has 0 atom stereocenters. The first-order valence-corrected chi connectivity index (χ1v) is 7.24. The third-order valence-corrected chi connectivity index (χ3v) is 4.05. The molecule has 0 aliphatic heterocycles. The second-order valence-electron chi connectivity index (χ2n) is 4.26. The van der Waals surface area contributed by atoms with E-state index < -0.39 is 5.82 Å². The summed E-state index contributed by atoms with van der Waals surface area (Å²) < 4.78 is 13.5. The van der Waals surface area contributed by atoms with Crippen LogP contribution in [-0.4, -0.2) is 10.9 Å². The Bertz CT molecular complexity index is 641. The van der Waals surface area contributed by atoms with Crippen LogP contribution in [0, 0.1) is 5.82 Å². The van der Waals surface area contributed by atoms with Gasteiger partial charge in [-0.25, -0.2) is 4.39 Å². The third-order valence-electron chi connectivity index (χ3n) is 2.74. The molecule has 0 radical (unpaired) electrons. The molecule has 0 fully saturated rings. The molecular formula is C15H12ClFO2S. The number of thioether (sulfide) groups is 1. The van der Waals surface area contributed by atoms with Gasteiger partial charge in [-0.15, -0.1) is 11.8 Å². The topological polar surface area (TPSA) is 37.3 Å². The zero-order valence-electron chi connectivity index (χ0n) is 10.7. The number of hydrogen-bond donors (Lipinski definition) is 1. The first-order chi connectivity index (χ1) is 9.47. The molecule has 0 saturated heterocycles. The largest absolute Gasteiger partial charge is 0.507 e. The standard InChI is InChI=1S/C15H12ClFO2S/c1-9(18)14-7-12(17)6-10(15(14)19)8-20-13-4-2-11(16)3-5-13/h2-7,19H,8H2,1H3. The SMILES string of the molecule is CC(=O)c1cc(F)cc(CSc2ccc(Cl)cc2)c1O. The summed E-state index contributed by atoms with van der Waals surface area (Å²) in [5, 5.41) is 10.6. The van der Waals surface area contributed by atoms with Crippen LogP contribution < -0.4 is 0 Å². The monoisotopic (exact) mass is 310 g/mol. The van der Waals surface area contributed by atoms with E-state index in [2.05, 4.69) is 0 Å². The van der Waals surface area contributed by atoms with Gasteiger partial charge in [-0.05, 0) is 43.3 Å². The van der Waals surface area contributed by atoms with E-state index in [1.807, 2.05) is 12.1 Å². The van der Waals surface area contributed by atoms with Crippen molar-refractivity contribution in [1.29, 1.82) is 0 Å². The number of carbonyl (C=O) groups excluding carboxylic acids is 1. The van der Waals surface area contributed by atoms with Gasteiger partial charge in [-0.2, -0.15) is 0 Å². The number of carbonyl (C=O) groups is 1. The fourth-order valence-electron chi connectivity index (χ4n) is 1.73. The minimum absolute atomic E-state index is 0.0108. The summed E-state index contributed by atoms with van der Waals surface area (Å²) in [6.45, 7) is 1.30. The van der Waals surface area contributed by atoms with Crippen molar-refractivity contribution in [2.24, 2.45) is 0 Å². The maximum Gasteiger partial charge on any atom is 0.163 e. The molecule has 0 saturated carbocycles. The predicted molar refractivity (Wildman–Crippen MR) is 79.1 cm³/mol. The van der Waals surface area contributed by atoms with Crippen molar-refractivity contribution in [2.45, 2.75) is 17.6 Å². The summed E-state index contributed by atoms with van der Waals surface area (Å²) in [5.41, 5.74) is 0.409. The molecule has 0 unspecified atom stereocenters. The average molecular weight is 311 g/mol. The highest BCUT2D eigenvalue weighted by atomic mass is 35.5. The molecule has 0 amide bonds. The lowest BCUT2D eigenvalue weighted by Gasteiger charge is -2.08. The van der Waals surface area contributed by atoms with Gasteiger partial charge in [-0.3, -0.25) is 4.79 Å². The maximum atomic E-state index is 13.5. The van der Waals surface area contributed by atoms with Gasteiger partial charge < -0.3 is 5.11 Å². The highest BCUT2D eigenvalue weighted by molar-refractivity contribution is 7.98. The van der Waals surface area contributed by atoms with Crippen LogP contribution in [0.15, 0.2) is 41.3 Å². The van der Waals surface area contributed by atoms with Gasteiger partial charge in [0.25, 0.3) is 0 Å². The van der Waals surface area contributed by atoms with Crippen molar-refractivity contribution in [1.82, 2.24) is 0 Å². The average Bonchev–Trinajstić information content (AvgIpc) is 2.41. The Balaban J connectivity index is 2.21. The fraction of sp³-hybridized carbons (Fsp3) is 0.133. The Morgan fingerprint density at radius 3 is 2.55 bits per heavy atom. The fourth-order valence-corrected chi connectivity index (χ4v) is 2.72. The van der Waals surface area contributed by atoms with Gasteiger partial charge >= 0.3 is 0 Å². The highest BCUT2D eigenvalue weighted by Crippen LogP contribution is 2.31. The molecule has 1 N–H and O–H groups in total. The van der Waals surface area contributed by atoms with Gasteiger partial charge in [0.05, 0.1) is 5.56 Å². The first-order valence-electron chi connectivity index (χ1n) is 5.88. The number of aromatic hydroxyl groups is 1. The highest BCUT2D eigenvalue weighted by Gasteiger charge is 2.13. The number of halogens is 2. The van der Waals surface area contributed by atoms with Crippen LogP contribution in [0.3, 0.4) is 0 Å². The predicted octanol–water partition coefficient (Wildman–Crippen LogP) is 4.68. The summed E-state index contributed by atoms with van der Waals surface area (Å²) in [7, 11) is 0. The molecule has 20 heavy (non-hydrogen) atoms. The summed E-state index contributed by atoms with van der Waals surface area (Å²) in [5.74, 6) is -0.675. The smallest absolute Gasteiger partial charge is 0.163 e. The van der Waals surface area contributed by atoms with Gasteiger partial charge in [0.2, 0.25) is 0 Å². The Morgan fingerprint density at radius 1 is 1.30 bits per heavy atom. The van der Waals surface area contributed by atoms with Crippen molar-refractivity contribution < 1.29 is 14.3 Å². The van der Waals surface area contributed by atoms with E-state index in [4.69, 9.17) is 11.6 Å². The summed E-state index contributed by atoms with van der Waals surface area (Å²) >= 11 is 7.22. The van der Waals surface area contributed by atoms with Crippen LogP contribution in [0.2, 0.25) is 5.02 Å². The first kappa shape index (κ1) is 14.9. The molecule has 0 spiro atoms. The Labute approximate surface area is 125 Å². The zero-order chi connectivity index (χ0) is 14.7. The lowest BCUT2D eigenvalue weighted by molar-refractivity contribution is 0.101. The second kappa shape index (κ2) is 6.29. The summed E-state index contributed by atoms with van der Waals surface area (Å²) in [6, 6.07) is 9.50. The number of hydrogen-bond acceptors (Lipinski definition) is 3. The molecule has 0 bridgehead atoms. The van der Waals surface area contributed by atoms with Crippen molar-refractivity contribution >= 4 is 29.1 Å². The van der Waals surface area contributed by atoms with Crippen LogP contribution in [0.1, 0.15) is 22.8 Å². The number of phenols is 1. The molecule has 2 rings (SSSR count). The van der Waals surface area contributed by atoms with Crippen LogP contribution in [0.25, 0.3) is 0 Å². The van der Waals surface area contributed by atoms with Gasteiger partial charge in [0.1, 0.15) is 11.6 Å². The number of phenolic OH excluding ortho intramolecular Hbond substituents is 1. The summed E-state index contributed by atoms with van der Waals surface area (Å²) in [6.07, 6.45) is 0. The van der Waals surface area contributed by atoms with Gasteiger partial charge in [0.15, 0.2) is 5.78 Å². The van der Waals surface area contributed by atoms with E-state index in [0.717, 1.165) is 11.0 Å². The summed E-state index contributed by atoms with van der Waals surface area (Å²) in [4.78, 5) is 12.3. The third kappa shape index (κ3) is 3.52. The molecule has 0 aliphatic carbocycles. The molecule has 0 heterocycles. The molecule has 0 aromatic heterocycles. The quantitative estimate of drug-likeness (QED) is 0.658. The Kier molecular flexibility index (Phi) is 4.68. The minimum Gasteiger partial charge on any atom is -0.507 e. The van der Waals surface area contributed by atoms with Crippen molar-refractivity contribution in [3.05, 3.63) is 58.4 Å². The van der Waals surface area contributed by atoms with Crippen LogP contribution in [-0.2, 0) is 5.75 Å². The molecule has 5 heteroatoms. The van der Waals surface area contributed by atoms with E-state index in [-0.39, 0.29) is 17.1 Å². The van der Waals surface area contributed by atoms with Crippen molar-refractivity contribution in [3.63, 3.8) is 0 Å². The number of Topliss-reactive ketones (excluding diaryl/α,β-unsaturated/α-hetero) is 1. The molecule has 2 aromatic carbocycles. The van der Waals surface area contributed by atoms with E-state index >= 15 is 0 Å². The number of benzene rings is 2. The number of rotatable bonds is 4. The Hall–Kier alpha value is -1.52. The lowest BCUT2D eigenvalue weighted by Crippen LogP contribution is -1.97. The van der Waals surface area contributed by atoms with Crippen LogP contribution in [0.5, 0.6) is 5.75 Å². The van der Waals surface area contributed by atoms with Crippen molar-refractivity contribution in [2.75, 3.05) is 0 Å². The molecule has 2 nitrogen and oxygen atoms in total. The molecular weight excluding hydrogens is 299 g/mol. The maximum absolute atomic E-state index is 13.5. The van der Waals surface area contributed by atoms with Gasteiger partial charge in [-0.1, -0.05) is 11.6 Å². The van der Waals surface area contributed by atoms with Crippen molar-refractivity contribution in [3.8, 4) is 5.75 Å². The van der Waals surface area contributed by atoms with E-state index in [1.165, 1.54) is 24.8 Å². The van der Waals surface area contributed by atoms with E-state index in [9.17, 15) is 14.3 Å². The zero-order valence-corrected chi connectivity index (χ0v) is 12.3. The van der Waals surface area contributed by atoms with E-state index in [1.54, 1.807) is 12.1 Å². The molecule has 2 aromatic rings. The van der Waals surface area contributed by atoms with Crippen LogP contribution >= 0.6 is 23.4 Å². The molecule has 0 aliphatic rings. The second-order valence-corrected chi connectivity index (χ2v) is 5.75. The molecule has 104 valence electrons. The minimum atomic E-state index is -0.528. The number of ketones is 1. The van der Waals surface area contributed by atoms with Crippen LogP contribution in [0.4, 0.5) is 4.39 Å². The van der Waals surface area contributed by atoms with Gasteiger partial charge in [0, 0.05) is 21.2 Å². The Morgan fingerprint density at radius 2 is 1.95 bits per heavy atom.